The first-order valence-corrected chi connectivity index (χ1v) is 13.2. The van der Waals surface area contributed by atoms with Gasteiger partial charge in [0.1, 0.15) is 17.3 Å². The molecule has 3 aromatic carbocycles. The third-order valence-corrected chi connectivity index (χ3v) is 8.65. The third kappa shape index (κ3) is 4.13. The van der Waals surface area contributed by atoms with Gasteiger partial charge < -0.3 is 19.5 Å². The van der Waals surface area contributed by atoms with E-state index in [1.807, 2.05) is 24.3 Å². The van der Waals surface area contributed by atoms with Crippen LogP contribution in [0.15, 0.2) is 60.7 Å². The summed E-state index contributed by atoms with van der Waals surface area (Å²) in [6, 6.07) is 19.7. The van der Waals surface area contributed by atoms with Crippen LogP contribution < -0.4 is 9.64 Å². The normalized spacial score (nSPS) is 23.0. The second kappa shape index (κ2) is 9.44. The third-order valence-electron chi connectivity index (χ3n) is 8.65. The van der Waals surface area contributed by atoms with Gasteiger partial charge in [0, 0.05) is 37.2 Å². The highest BCUT2D eigenvalue weighted by Gasteiger charge is 2.39. The molecular weight excluding hydrogens is 453 g/mol. The van der Waals surface area contributed by atoms with Crippen LogP contribution in [0.2, 0.25) is 0 Å². The molecule has 0 aromatic heterocycles. The second-order valence-corrected chi connectivity index (χ2v) is 10.6. The largest absolute Gasteiger partial charge is 0.508 e. The number of fused-ring (bicyclic) bond motifs is 1. The van der Waals surface area contributed by atoms with E-state index >= 15 is 4.39 Å². The topological polar surface area (TPSA) is 41.9 Å². The summed E-state index contributed by atoms with van der Waals surface area (Å²) in [5, 5.41) is 10.1. The van der Waals surface area contributed by atoms with Gasteiger partial charge in [0.2, 0.25) is 0 Å². The summed E-state index contributed by atoms with van der Waals surface area (Å²) in [5.74, 6) is 0.916. The molecule has 3 aliphatic rings. The number of hydrogen-bond acceptors (Lipinski definition) is 4. The molecule has 6 rings (SSSR count). The fraction of sp³-hybridized carbons (Fsp3) is 0.419. The quantitative estimate of drug-likeness (QED) is 0.453. The average molecular weight is 488 g/mol. The zero-order valence-corrected chi connectivity index (χ0v) is 20.9. The maximum atomic E-state index is 15.9. The molecule has 1 N–H and O–H groups in total. The lowest BCUT2D eigenvalue weighted by Gasteiger charge is -2.40. The molecule has 4 nitrogen and oxygen atoms in total. The first-order valence-electron chi connectivity index (χ1n) is 13.2. The summed E-state index contributed by atoms with van der Waals surface area (Å²) in [6.45, 7) is 2.43. The molecule has 2 atom stereocenters. The Labute approximate surface area is 212 Å². The number of benzene rings is 3. The van der Waals surface area contributed by atoms with E-state index in [-0.39, 0.29) is 29.0 Å². The van der Waals surface area contributed by atoms with E-state index in [1.165, 1.54) is 5.56 Å². The number of phenolic OH excluding ortho intramolecular Hbond substituents is 1. The van der Waals surface area contributed by atoms with Gasteiger partial charge in [-0.3, -0.25) is 0 Å². The number of nitrogens with zero attached hydrogens (tertiary/aromatic N) is 1. The Morgan fingerprint density at radius 1 is 1.00 bits per heavy atom. The Hall–Kier alpha value is -3.05. The van der Waals surface area contributed by atoms with Crippen molar-refractivity contribution in [1.82, 2.24) is 0 Å². The van der Waals surface area contributed by atoms with Gasteiger partial charge in [-0.05, 0) is 79.3 Å². The van der Waals surface area contributed by atoms with Gasteiger partial charge in [-0.1, -0.05) is 36.4 Å². The number of anilines is 1. The van der Waals surface area contributed by atoms with Crippen LogP contribution in [0.4, 0.5) is 10.1 Å². The zero-order valence-electron chi connectivity index (χ0n) is 20.9. The van der Waals surface area contributed by atoms with Crippen LogP contribution in [0.1, 0.15) is 66.2 Å². The molecule has 2 fully saturated rings. The van der Waals surface area contributed by atoms with Crippen molar-refractivity contribution in [3.05, 3.63) is 88.7 Å². The lowest BCUT2D eigenvalue weighted by atomic mass is 9.69. The summed E-state index contributed by atoms with van der Waals surface area (Å²) >= 11 is 0. The number of ether oxygens (including phenoxy) is 2. The summed E-state index contributed by atoms with van der Waals surface area (Å²) < 4.78 is 27.9. The van der Waals surface area contributed by atoms with Crippen LogP contribution in [-0.2, 0) is 11.2 Å². The molecule has 36 heavy (non-hydrogen) atoms. The predicted molar refractivity (Wildman–Crippen MR) is 140 cm³/mol. The number of halogens is 1. The molecule has 1 aliphatic carbocycles. The minimum atomic E-state index is -0.202. The summed E-state index contributed by atoms with van der Waals surface area (Å²) in [7, 11) is 1.68. The number of rotatable bonds is 4. The Bertz CT molecular complexity index is 1230. The van der Waals surface area contributed by atoms with Gasteiger partial charge in [-0.25, -0.2) is 4.39 Å². The molecular formula is C31H34FNO3. The summed E-state index contributed by atoms with van der Waals surface area (Å²) in [6.07, 6.45) is 5.91. The number of hydrogen-bond donors (Lipinski definition) is 1. The van der Waals surface area contributed by atoms with Gasteiger partial charge in [-0.2, -0.15) is 0 Å². The zero-order chi connectivity index (χ0) is 24.7. The first kappa shape index (κ1) is 23.4. The highest BCUT2D eigenvalue weighted by atomic mass is 19.1. The van der Waals surface area contributed by atoms with Gasteiger partial charge in [0.15, 0.2) is 0 Å². The van der Waals surface area contributed by atoms with Crippen LogP contribution in [0.25, 0.3) is 0 Å². The van der Waals surface area contributed by atoms with Crippen molar-refractivity contribution in [2.24, 2.45) is 0 Å². The maximum Gasteiger partial charge on any atom is 0.147 e. The Morgan fingerprint density at radius 3 is 2.53 bits per heavy atom. The van der Waals surface area contributed by atoms with E-state index in [1.54, 1.807) is 19.2 Å². The van der Waals surface area contributed by atoms with E-state index in [4.69, 9.17) is 9.47 Å². The van der Waals surface area contributed by atoms with Crippen molar-refractivity contribution in [2.75, 3.05) is 31.7 Å². The highest BCUT2D eigenvalue weighted by Crippen LogP contribution is 2.50. The van der Waals surface area contributed by atoms with Crippen molar-refractivity contribution < 1.29 is 19.0 Å². The SMILES string of the molecule is COc1cc(N2CCC3(CCCO3)CC2)c(F)cc1C1c2ccc(O)cc2CCC1c1ccccc1. The molecule has 3 aromatic rings. The number of phenols is 1. The van der Waals surface area contributed by atoms with Crippen molar-refractivity contribution >= 4 is 5.69 Å². The average Bonchev–Trinajstić information content (AvgIpc) is 3.36. The van der Waals surface area contributed by atoms with E-state index < -0.39 is 0 Å². The van der Waals surface area contributed by atoms with E-state index in [2.05, 4.69) is 29.2 Å². The fourth-order valence-electron chi connectivity index (χ4n) is 6.77. The summed E-state index contributed by atoms with van der Waals surface area (Å²) in [4.78, 5) is 2.15. The van der Waals surface area contributed by atoms with Gasteiger partial charge in [0.05, 0.1) is 18.4 Å². The number of piperidine rings is 1. The van der Waals surface area contributed by atoms with Gasteiger partial charge in [0.25, 0.3) is 0 Å². The van der Waals surface area contributed by atoms with E-state index in [0.717, 1.165) is 80.7 Å². The standard InChI is InChI=1S/C31H34FNO3/c1-35-29-20-28(33-15-13-31(14-16-33)12-5-17-36-31)27(32)19-26(29)30-24(21-6-3-2-4-7-21)10-8-22-18-23(34)9-11-25(22)30/h2-4,6-7,9,11,18-20,24,30,34H,5,8,10,12-17H2,1H3. The molecule has 188 valence electrons. The minimum absolute atomic E-state index is 0.00270. The van der Waals surface area contributed by atoms with Crippen LogP contribution >= 0.6 is 0 Å². The lowest BCUT2D eigenvalue weighted by Crippen LogP contribution is -2.44. The highest BCUT2D eigenvalue weighted by molar-refractivity contribution is 5.59. The Morgan fingerprint density at radius 2 is 1.81 bits per heavy atom. The van der Waals surface area contributed by atoms with Crippen molar-refractivity contribution in [3.8, 4) is 11.5 Å². The van der Waals surface area contributed by atoms with E-state index in [9.17, 15) is 5.11 Å². The molecule has 1 spiro atoms. The molecule has 2 heterocycles. The van der Waals surface area contributed by atoms with Crippen LogP contribution in [-0.4, -0.2) is 37.5 Å². The minimum Gasteiger partial charge on any atom is -0.508 e. The second-order valence-electron chi connectivity index (χ2n) is 10.6. The van der Waals surface area contributed by atoms with Gasteiger partial charge >= 0.3 is 0 Å². The predicted octanol–water partition coefficient (Wildman–Crippen LogP) is 6.55. The van der Waals surface area contributed by atoms with Crippen LogP contribution in [0.5, 0.6) is 11.5 Å². The molecule has 0 bridgehead atoms. The molecule has 2 unspecified atom stereocenters. The lowest BCUT2D eigenvalue weighted by molar-refractivity contribution is -0.0146. The molecule has 2 saturated heterocycles. The fourth-order valence-corrected chi connectivity index (χ4v) is 6.77. The van der Waals surface area contributed by atoms with Crippen LogP contribution in [0, 0.1) is 5.82 Å². The smallest absolute Gasteiger partial charge is 0.147 e. The number of methoxy groups -OCH3 is 1. The molecule has 0 saturated carbocycles. The molecule has 0 radical (unpaired) electrons. The first-order chi connectivity index (χ1) is 17.6. The monoisotopic (exact) mass is 487 g/mol. The van der Waals surface area contributed by atoms with E-state index in [0.29, 0.717) is 5.69 Å². The number of aryl methyl sites for hydroxylation is 1. The van der Waals surface area contributed by atoms with Gasteiger partial charge in [-0.15, -0.1) is 0 Å². The van der Waals surface area contributed by atoms with Crippen molar-refractivity contribution in [1.29, 1.82) is 0 Å². The Balaban J connectivity index is 1.39. The van der Waals surface area contributed by atoms with Crippen molar-refractivity contribution in [2.45, 2.75) is 56.0 Å². The number of aromatic hydroxyl groups is 1. The van der Waals surface area contributed by atoms with Crippen LogP contribution in [0.3, 0.4) is 0 Å². The maximum absolute atomic E-state index is 15.9. The summed E-state index contributed by atoms with van der Waals surface area (Å²) in [5.41, 5.74) is 4.98. The Kier molecular flexibility index (Phi) is 6.12. The van der Waals surface area contributed by atoms with Crippen molar-refractivity contribution in [3.63, 3.8) is 0 Å². The molecule has 2 aliphatic heterocycles. The molecule has 5 heteroatoms. The molecule has 0 amide bonds.